The zero-order valence-corrected chi connectivity index (χ0v) is 11.3. The van der Waals surface area contributed by atoms with E-state index in [2.05, 4.69) is 17.0 Å². The van der Waals surface area contributed by atoms with Crippen molar-refractivity contribution in [2.75, 3.05) is 6.54 Å². The van der Waals surface area contributed by atoms with Crippen molar-refractivity contribution in [3.63, 3.8) is 0 Å². The van der Waals surface area contributed by atoms with Gasteiger partial charge in [0, 0.05) is 6.04 Å². The molecule has 0 heterocycles. The fraction of sp³-hybridized carbons (Fsp3) is 0.571. The Balaban J connectivity index is 2.81. The predicted octanol–water partition coefficient (Wildman–Crippen LogP) is 4.43. The van der Waals surface area contributed by atoms with E-state index in [-0.39, 0.29) is 11.8 Å². The summed E-state index contributed by atoms with van der Waals surface area (Å²) < 4.78 is 40.5. The molecular formula is C14H20F3NO. The highest BCUT2D eigenvalue weighted by atomic mass is 19.4. The molecule has 2 nitrogen and oxygen atoms in total. The van der Waals surface area contributed by atoms with Gasteiger partial charge in [0.1, 0.15) is 5.75 Å². The molecule has 5 heteroatoms. The monoisotopic (exact) mass is 275 g/mol. The van der Waals surface area contributed by atoms with E-state index in [9.17, 15) is 13.2 Å². The average Bonchev–Trinajstić information content (AvgIpc) is 2.32. The normalized spacial score (nSPS) is 13.3. The molecule has 0 bridgehead atoms. The molecule has 0 radical (unpaired) electrons. The third kappa shape index (κ3) is 5.96. The molecule has 0 saturated heterocycles. The summed E-state index contributed by atoms with van der Waals surface area (Å²) in [4.78, 5) is 0. The van der Waals surface area contributed by atoms with Crippen LogP contribution in [0.25, 0.3) is 0 Å². The molecule has 0 amide bonds. The highest BCUT2D eigenvalue weighted by Gasteiger charge is 2.31. The summed E-state index contributed by atoms with van der Waals surface area (Å²) in [5.74, 6) is -0.163. The first-order valence-corrected chi connectivity index (χ1v) is 6.55. The highest BCUT2D eigenvalue weighted by molar-refractivity contribution is 5.30. The van der Waals surface area contributed by atoms with Crippen molar-refractivity contribution in [2.45, 2.75) is 45.5 Å². The van der Waals surface area contributed by atoms with Gasteiger partial charge < -0.3 is 10.1 Å². The van der Waals surface area contributed by atoms with Crippen molar-refractivity contribution in [2.24, 2.45) is 0 Å². The zero-order valence-electron chi connectivity index (χ0n) is 11.3. The van der Waals surface area contributed by atoms with E-state index in [0.29, 0.717) is 0 Å². The summed E-state index contributed by atoms with van der Waals surface area (Å²) in [5.41, 5.74) is 0.831. The Labute approximate surface area is 112 Å². The number of hydrogen-bond acceptors (Lipinski definition) is 2. The lowest BCUT2D eigenvalue weighted by Crippen LogP contribution is -2.21. The van der Waals surface area contributed by atoms with Crippen molar-refractivity contribution >= 4 is 0 Å². The minimum absolute atomic E-state index is 0.0710. The maximum Gasteiger partial charge on any atom is 0.573 e. The third-order valence-electron chi connectivity index (χ3n) is 2.79. The van der Waals surface area contributed by atoms with Crippen LogP contribution in [0.1, 0.15) is 44.7 Å². The first-order valence-electron chi connectivity index (χ1n) is 6.55. The van der Waals surface area contributed by atoms with Gasteiger partial charge in [-0.25, -0.2) is 0 Å². The van der Waals surface area contributed by atoms with Gasteiger partial charge in [0.05, 0.1) is 0 Å². The van der Waals surface area contributed by atoms with Crippen molar-refractivity contribution in [3.05, 3.63) is 29.8 Å². The molecule has 1 atom stereocenters. The van der Waals surface area contributed by atoms with Crippen LogP contribution in [0.2, 0.25) is 0 Å². The number of benzene rings is 1. The molecule has 1 N–H and O–H groups in total. The minimum atomic E-state index is -4.64. The van der Waals surface area contributed by atoms with Crippen LogP contribution in [0.5, 0.6) is 5.75 Å². The van der Waals surface area contributed by atoms with E-state index in [1.807, 2.05) is 13.0 Å². The molecular weight excluding hydrogens is 255 g/mol. The summed E-state index contributed by atoms with van der Waals surface area (Å²) in [5, 5.41) is 3.29. The van der Waals surface area contributed by atoms with E-state index in [1.54, 1.807) is 6.07 Å². The van der Waals surface area contributed by atoms with Gasteiger partial charge >= 0.3 is 6.36 Å². The van der Waals surface area contributed by atoms with E-state index in [4.69, 9.17) is 0 Å². The number of ether oxygens (including phenoxy) is 1. The Morgan fingerprint density at radius 3 is 2.58 bits per heavy atom. The maximum absolute atomic E-state index is 12.2. The number of nitrogens with one attached hydrogen (secondary N) is 1. The second kappa shape index (κ2) is 7.38. The standard InChI is InChI=1S/C14H20F3NO/c1-3-5-9-13(18-4-2)11-7-6-8-12(10-11)19-14(15,16)17/h6-8,10,13,18H,3-5,9H2,1-2H3. The van der Waals surface area contributed by atoms with Gasteiger partial charge in [0.25, 0.3) is 0 Å². The number of halogens is 3. The van der Waals surface area contributed by atoms with Gasteiger partial charge in [-0.1, -0.05) is 38.8 Å². The summed E-state index contributed by atoms with van der Waals surface area (Å²) in [6.45, 7) is 4.85. The largest absolute Gasteiger partial charge is 0.573 e. The second-order valence-electron chi connectivity index (χ2n) is 4.37. The molecule has 0 saturated carbocycles. The molecule has 0 aliphatic heterocycles. The Morgan fingerprint density at radius 2 is 2.00 bits per heavy atom. The van der Waals surface area contributed by atoms with Gasteiger partial charge in [0.15, 0.2) is 0 Å². The first-order chi connectivity index (χ1) is 8.96. The smallest absolute Gasteiger partial charge is 0.406 e. The van der Waals surface area contributed by atoms with Crippen LogP contribution in [0, 0.1) is 0 Å². The van der Waals surface area contributed by atoms with E-state index in [0.717, 1.165) is 31.4 Å². The molecule has 0 aromatic heterocycles. The molecule has 0 spiro atoms. The quantitative estimate of drug-likeness (QED) is 0.795. The molecule has 1 unspecified atom stereocenters. The SMILES string of the molecule is CCCCC(NCC)c1cccc(OC(F)(F)F)c1. The van der Waals surface area contributed by atoms with Gasteiger partial charge in [-0.2, -0.15) is 0 Å². The van der Waals surface area contributed by atoms with Gasteiger partial charge in [-0.3, -0.25) is 0 Å². The fourth-order valence-corrected chi connectivity index (χ4v) is 1.97. The van der Waals surface area contributed by atoms with E-state index >= 15 is 0 Å². The highest BCUT2D eigenvalue weighted by Crippen LogP contribution is 2.27. The van der Waals surface area contributed by atoms with Crippen LogP contribution in [0.15, 0.2) is 24.3 Å². The molecule has 0 fully saturated rings. The van der Waals surface area contributed by atoms with E-state index in [1.165, 1.54) is 12.1 Å². The summed E-state index contributed by atoms with van der Waals surface area (Å²) in [6.07, 6.45) is -1.65. The van der Waals surface area contributed by atoms with Gasteiger partial charge in [0.2, 0.25) is 0 Å². The average molecular weight is 275 g/mol. The Morgan fingerprint density at radius 1 is 1.26 bits per heavy atom. The summed E-state index contributed by atoms with van der Waals surface area (Å²) in [6, 6.07) is 6.26. The van der Waals surface area contributed by atoms with Crippen LogP contribution in [-0.4, -0.2) is 12.9 Å². The van der Waals surface area contributed by atoms with Gasteiger partial charge in [-0.15, -0.1) is 13.2 Å². The molecule has 1 aromatic rings. The van der Waals surface area contributed by atoms with Crippen molar-refractivity contribution in [1.82, 2.24) is 5.32 Å². The van der Waals surface area contributed by atoms with Crippen LogP contribution in [0.4, 0.5) is 13.2 Å². The number of unbranched alkanes of at least 4 members (excludes halogenated alkanes) is 1. The molecule has 0 aliphatic rings. The molecule has 0 aliphatic carbocycles. The van der Waals surface area contributed by atoms with Crippen LogP contribution in [-0.2, 0) is 0 Å². The fourth-order valence-electron chi connectivity index (χ4n) is 1.97. The Hall–Kier alpha value is -1.23. The minimum Gasteiger partial charge on any atom is -0.406 e. The molecule has 1 aromatic carbocycles. The molecule has 108 valence electrons. The Kier molecular flexibility index (Phi) is 6.15. The molecule has 19 heavy (non-hydrogen) atoms. The summed E-state index contributed by atoms with van der Waals surface area (Å²) >= 11 is 0. The zero-order chi connectivity index (χ0) is 14.3. The lowest BCUT2D eigenvalue weighted by atomic mass is 10.0. The predicted molar refractivity (Wildman–Crippen MR) is 69.1 cm³/mol. The lowest BCUT2D eigenvalue weighted by molar-refractivity contribution is -0.274. The van der Waals surface area contributed by atoms with Crippen LogP contribution < -0.4 is 10.1 Å². The maximum atomic E-state index is 12.2. The first kappa shape index (κ1) is 15.8. The van der Waals surface area contributed by atoms with Gasteiger partial charge in [-0.05, 0) is 30.7 Å². The second-order valence-corrected chi connectivity index (χ2v) is 4.37. The van der Waals surface area contributed by atoms with Crippen LogP contribution in [0.3, 0.4) is 0 Å². The van der Waals surface area contributed by atoms with Crippen molar-refractivity contribution in [3.8, 4) is 5.75 Å². The number of rotatable bonds is 7. The summed E-state index contributed by atoms with van der Waals surface area (Å²) in [7, 11) is 0. The Bertz CT molecular complexity index is 379. The third-order valence-corrected chi connectivity index (χ3v) is 2.79. The molecule has 1 rings (SSSR count). The van der Waals surface area contributed by atoms with Crippen molar-refractivity contribution in [1.29, 1.82) is 0 Å². The van der Waals surface area contributed by atoms with Crippen LogP contribution >= 0.6 is 0 Å². The van der Waals surface area contributed by atoms with Crippen molar-refractivity contribution < 1.29 is 17.9 Å². The lowest BCUT2D eigenvalue weighted by Gasteiger charge is -2.19. The topological polar surface area (TPSA) is 21.3 Å². The van der Waals surface area contributed by atoms with E-state index < -0.39 is 6.36 Å². The number of alkyl halides is 3. The number of hydrogen-bond donors (Lipinski definition) is 1.